The Morgan fingerprint density at radius 1 is 1.19 bits per heavy atom. The van der Waals surface area contributed by atoms with Crippen molar-refractivity contribution in [3.8, 4) is 0 Å². The second-order valence-electron chi connectivity index (χ2n) is 6.85. The fraction of sp³-hybridized carbons (Fsp3) is 0.389. The van der Waals surface area contributed by atoms with Crippen molar-refractivity contribution in [1.29, 1.82) is 0 Å². The molecule has 3 rings (SSSR count). The molecule has 10 nitrogen and oxygen atoms in total. The summed E-state index contributed by atoms with van der Waals surface area (Å²) in [5.74, 6) is -1.20. The highest BCUT2D eigenvalue weighted by atomic mass is 19.4. The van der Waals surface area contributed by atoms with E-state index in [4.69, 9.17) is 0 Å². The van der Waals surface area contributed by atoms with Crippen LogP contribution in [0.1, 0.15) is 41.6 Å². The van der Waals surface area contributed by atoms with Gasteiger partial charge in [0.2, 0.25) is 5.91 Å². The molecule has 3 aromatic rings. The molecular weight excluding hydrogens is 419 g/mol. The number of carbonyl (C=O) groups is 2. The number of fused-ring (bicyclic) bond motifs is 1. The largest absolute Gasteiger partial charge is 0.523 e. The Morgan fingerprint density at radius 3 is 2.68 bits per heavy atom. The van der Waals surface area contributed by atoms with Gasteiger partial charge in [0.25, 0.3) is 5.91 Å². The third-order valence-electron chi connectivity index (χ3n) is 4.11. The first-order valence-corrected chi connectivity index (χ1v) is 9.24. The maximum absolute atomic E-state index is 12.4. The molecule has 0 radical (unpaired) electrons. The maximum atomic E-state index is 12.4. The SMILES string of the molecule is CC(C)n1nccc1C(=O)NCc1cn2ncc(CNC(=O)COC(F)(F)F)cc2n1. The van der Waals surface area contributed by atoms with E-state index in [0.29, 0.717) is 22.6 Å². The van der Waals surface area contributed by atoms with E-state index in [9.17, 15) is 22.8 Å². The smallest absolute Gasteiger partial charge is 0.350 e. The first kappa shape index (κ1) is 22.2. The van der Waals surface area contributed by atoms with Gasteiger partial charge >= 0.3 is 6.36 Å². The van der Waals surface area contributed by atoms with Crippen molar-refractivity contribution < 1.29 is 27.5 Å². The lowest BCUT2D eigenvalue weighted by molar-refractivity contribution is -0.321. The Labute approximate surface area is 174 Å². The van der Waals surface area contributed by atoms with Crippen LogP contribution < -0.4 is 10.6 Å². The van der Waals surface area contributed by atoms with E-state index >= 15 is 0 Å². The summed E-state index contributed by atoms with van der Waals surface area (Å²) in [5, 5.41) is 13.3. The van der Waals surface area contributed by atoms with Crippen LogP contribution in [0.15, 0.2) is 30.7 Å². The molecule has 166 valence electrons. The van der Waals surface area contributed by atoms with Crippen LogP contribution in [-0.2, 0) is 22.6 Å². The average molecular weight is 439 g/mol. The molecule has 0 bridgehead atoms. The van der Waals surface area contributed by atoms with Gasteiger partial charge in [-0.3, -0.25) is 19.0 Å². The minimum atomic E-state index is -4.87. The fourth-order valence-electron chi connectivity index (χ4n) is 2.71. The highest BCUT2D eigenvalue weighted by molar-refractivity contribution is 5.92. The van der Waals surface area contributed by atoms with Crippen LogP contribution >= 0.6 is 0 Å². The number of carbonyl (C=O) groups excluding carboxylic acids is 2. The van der Waals surface area contributed by atoms with Crippen molar-refractivity contribution in [2.24, 2.45) is 0 Å². The molecule has 0 saturated carbocycles. The molecule has 0 spiro atoms. The molecule has 0 saturated heterocycles. The lowest BCUT2D eigenvalue weighted by Crippen LogP contribution is -2.30. The minimum absolute atomic E-state index is 0.0362. The highest BCUT2D eigenvalue weighted by Gasteiger charge is 2.30. The molecule has 2 amide bonds. The van der Waals surface area contributed by atoms with E-state index < -0.39 is 18.9 Å². The van der Waals surface area contributed by atoms with Crippen molar-refractivity contribution in [2.75, 3.05) is 6.61 Å². The van der Waals surface area contributed by atoms with Gasteiger partial charge in [0.1, 0.15) is 12.3 Å². The van der Waals surface area contributed by atoms with Gasteiger partial charge in [0.15, 0.2) is 5.65 Å². The van der Waals surface area contributed by atoms with Crippen molar-refractivity contribution in [2.45, 2.75) is 39.3 Å². The molecule has 3 heterocycles. The number of hydrogen-bond donors (Lipinski definition) is 2. The van der Waals surface area contributed by atoms with Crippen molar-refractivity contribution >= 4 is 17.5 Å². The van der Waals surface area contributed by atoms with E-state index in [2.05, 4.69) is 30.6 Å². The number of alkyl halides is 3. The number of rotatable bonds is 8. The zero-order valence-electron chi connectivity index (χ0n) is 16.7. The molecule has 0 unspecified atom stereocenters. The number of nitrogens with zero attached hydrogens (tertiary/aromatic N) is 5. The summed E-state index contributed by atoms with van der Waals surface area (Å²) in [7, 11) is 0. The van der Waals surface area contributed by atoms with Crippen molar-refractivity contribution in [1.82, 2.24) is 35.0 Å². The molecule has 0 atom stereocenters. The van der Waals surface area contributed by atoms with Gasteiger partial charge in [-0.05, 0) is 31.5 Å². The molecule has 0 aliphatic rings. The fourth-order valence-corrected chi connectivity index (χ4v) is 2.71. The van der Waals surface area contributed by atoms with Gasteiger partial charge in [-0.1, -0.05) is 0 Å². The van der Waals surface area contributed by atoms with Gasteiger partial charge in [-0.15, -0.1) is 13.2 Å². The van der Waals surface area contributed by atoms with Gasteiger partial charge in [-0.25, -0.2) is 9.50 Å². The minimum Gasteiger partial charge on any atom is -0.350 e. The van der Waals surface area contributed by atoms with E-state index in [1.54, 1.807) is 29.2 Å². The number of ether oxygens (including phenoxy) is 1. The molecular formula is C18H20F3N7O3. The van der Waals surface area contributed by atoms with Crippen LogP contribution in [0.5, 0.6) is 0 Å². The Kier molecular flexibility index (Phi) is 6.53. The Bertz CT molecular complexity index is 1070. The average Bonchev–Trinajstić information content (AvgIpc) is 3.34. The molecule has 0 aliphatic heterocycles. The number of nitrogens with one attached hydrogen (secondary N) is 2. The summed E-state index contributed by atoms with van der Waals surface area (Å²) < 4.78 is 42.4. The van der Waals surface area contributed by atoms with E-state index in [0.717, 1.165) is 0 Å². The summed E-state index contributed by atoms with van der Waals surface area (Å²) in [6.45, 7) is 2.83. The van der Waals surface area contributed by atoms with Gasteiger partial charge in [0, 0.05) is 18.8 Å². The zero-order valence-corrected chi connectivity index (χ0v) is 16.7. The number of aromatic nitrogens is 5. The van der Waals surface area contributed by atoms with E-state index in [1.165, 1.54) is 10.7 Å². The summed E-state index contributed by atoms with van der Waals surface area (Å²) in [6.07, 6.45) is -0.231. The van der Waals surface area contributed by atoms with E-state index in [-0.39, 0.29) is 25.0 Å². The Hall–Kier alpha value is -3.48. The Morgan fingerprint density at radius 2 is 1.97 bits per heavy atom. The molecule has 0 aromatic carbocycles. The number of imidazole rings is 1. The predicted molar refractivity (Wildman–Crippen MR) is 101 cm³/mol. The molecule has 0 fully saturated rings. The summed E-state index contributed by atoms with van der Waals surface area (Å²) in [5.41, 5.74) is 1.98. The standard InChI is InChI=1S/C18H20F3N7O3/c1-11(2)28-14(3-4-24-28)17(30)23-8-13-9-27-15(26-13)5-12(7-25-27)6-22-16(29)10-31-18(19,20)21/h3-5,7,9,11H,6,8,10H2,1-2H3,(H,22,29)(H,23,30). The van der Waals surface area contributed by atoms with E-state index in [1.807, 2.05) is 13.8 Å². The molecule has 31 heavy (non-hydrogen) atoms. The van der Waals surface area contributed by atoms with Crippen LogP contribution in [0.3, 0.4) is 0 Å². The lowest BCUT2D eigenvalue weighted by atomic mass is 10.3. The van der Waals surface area contributed by atoms with Gasteiger partial charge in [0.05, 0.1) is 24.6 Å². The van der Waals surface area contributed by atoms with Crippen LogP contribution in [0.4, 0.5) is 13.2 Å². The predicted octanol–water partition coefficient (Wildman–Crippen LogP) is 1.59. The van der Waals surface area contributed by atoms with Crippen LogP contribution in [0.2, 0.25) is 0 Å². The normalized spacial score (nSPS) is 11.8. The maximum Gasteiger partial charge on any atom is 0.523 e. The lowest BCUT2D eigenvalue weighted by Gasteiger charge is -2.10. The number of hydrogen-bond acceptors (Lipinski definition) is 6. The third-order valence-corrected chi connectivity index (χ3v) is 4.11. The first-order valence-electron chi connectivity index (χ1n) is 9.24. The quantitative estimate of drug-likeness (QED) is 0.551. The third kappa shape index (κ3) is 6.01. The zero-order chi connectivity index (χ0) is 22.6. The first-order chi connectivity index (χ1) is 14.6. The van der Waals surface area contributed by atoms with Gasteiger partial charge < -0.3 is 10.6 Å². The molecule has 13 heteroatoms. The van der Waals surface area contributed by atoms with Crippen molar-refractivity contribution in [3.63, 3.8) is 0 Å². The van der Waals surface area contributed by atoms with Crippen LogP contribution in [0, 0.1) is 0 Å². The summed E-state index contributed by atoms with van der Waals surface area (Å²) in [4.78, 5) is 28.2. The summed E-state index contributed by atoms with van der Waals surface area (Å²) >= 11 is 0. The summed E-state index contributed by atoms with van der Waals surface area (Å²) in [6, 6.07) is 3.28. The molecule has 0 aliphatic carbocycles. The van der Waals surface area contributed by atoms with Gasteiger partial charge in [-0.2, -0.15) is 10.2 Å². The van der Waals surface area contributed by atoms with Crippen molar-refractivity contribution in [3.05, 3.63) is 47.7 Å². The second-order valence-corrected chi connectivity index (χ2v) is 6.85. The Balaban J connectivity index is 1.57. The number of amides is 2. The monoisotopic (exact) mass is 439 g/mol. The molecule has 3 aromatic heterocycles. The topological polar surface area (TPSA) is 115 Å². The second kappa shape index (κ2) is 9.12. The number of halogens is 3. The van der Waals surface area contributed by atoms with Crippen LogP contribution in [0.25, 0.3) is 5.65 Å². The van der Waals surface area contributed by atoms with Crippen LogP contribution in [-0.4, -0.2) is 49.2 Å². The molecule has 2 N–H and O–H groups in total. The highest BCUT2D eigenvalue weighted by Crippen LogP contribution is 2.15.